The van der Waals surface area contributed by atoms with E-state index in [2.05, 4.69) is 30.7 Å². The van der Waals surface area contributed by atoms with Crippen molar-refractivity contribution in [2.24, 2.45) is 13.0 Å². The Morgan fingerprint density at radius 2 is 1.98 bits per heavy atom. The van der Waals surface area contributed by atoms with E-state index in [1.807, 2.05) is 26.1 Å². The highest BCUT2D eigenvalue weighted by atomic mass is 35.5. The second-order valence-electron chi connectivity index (χ2n) is 10.8. The zero-order valence-corrected chi connectivity index (χ0v) is 25.6. The summed E-state index contributed by atoms with van der Waals surface area (Å²) in [6.07, 6.45) is 8.14. The van der Waals surface area contributed by atoms with Gasteiger partial charge in [0.25, 0.3) is 5.56 Å². The van der Waals surface area contributed by atoms with Gasteiger partial charge in [0.15, 0.2) is 5.69 Å². The summed E-state index contributed by atoms with van der Waals surface area (Å²) in [4.78, 5) is 48.2. The minimum atomic E-state index is -0.593. The molecule has 0 radical (unpaired) electrons. The lowest BCUT2D eigenvalue weighted by Gasteiger charge is -2.22. The number of benzene rings is 1. The van der Waals surface area contributed by atoms with Crippen LogP contribution in [0.4, 0.5) is 5.69 Å². The summed E-state index contributed by atoms with van der Waals surface area (Å²) >= 11 is 6.36. The quantitative estimate of drug-likeness (QED) is 0.278. The van der Waals surface area contributed by atoms with Gasteiger partial charge in [-0.1, -0.05) is 30.2 Å². The fraction of sp³-hybridized carbons (Fsp3) is 0.290. The molecule has 5 heterocycles. The Hall–Kier alpha value is -5.17. The van der Waals surface area contributed by atoms with Gasteiger partial charge in [-0.25, -0.2) is 14.5 Å². The van der Waals surface area contributed by atoms with Gasteiger partial charge in [-0.3, -0.25) is 23.8 Å². The molecule has 0 aliphatic carbocycles. The number of carbonyl (C=O) groups excluding carboxylic acids is 2. The molecule has 0 spiro atoms. The number of fused-ring (bicyclic) bond motifs is 4. The van der Waals surface area contributed by atoms with E-state index in [0.717, 1.165) is 11.3 Å². The van der Waals surface area contributed by atoms with Crippen LogP contribution in [0.3, 0.4) is 0 Å². The summed E-state index contributed by atoms with van der Waals surface area (Å²) in [7, 11) is 1.81. The third-order valence-electron chi connectivity index (χ3n) is 7.79. The van der Waals surface area contributed by atoms with Crippen LogP contribution >= 0.6 is 11.6 Å². The average molecular weight is 628 g/mol. The normalized spacial score (nSPS) is 16.7. The van der Waals surface area contributed by atoms with Crippen LogP contribution in [0.5, 0.6) is 0 Å². The molecule has 2 bridgehead atoms. The first-order valence-corrected chi connectivity index (χ1v) is 14.9. The largest absolute Gasteiger partial charge is 0.461 e. The number of halogens is 1. The first-order chi connectivity index (χ1) is 21.7. The van der Waals surface area contributed by atoms with E-state index < -0.39 is 12.0 Å². The van der Waals surface area contributed by atoms with Crippen molar-refractivity contribution in [2.45, 2.75) is 39.2 Å². The topological polar surface area (TPSA) is 152 Å². The number of hydrogen-bond acceptors (Lipinski definition) is 9. The lowest BCUT2D eigenvalue weighted by Crippen LogP contribution is -2.27. The number of carbonyl (C=O) groups is 2. The van der Waals surface area contributed by atoms with Crippen LogP contribution in [0.15, 0.2) is 66.1 Å². The summed E-state index contributed by atoms with van der Waals surface area (Å²) in [6.45, 7) is 3.80. The van der Waals surface area contributed by atoms with Crippen LogP contribution in [0, 0.1) is 5.92 Å². The number of amides is 1. The SMILES string of the molecule is CCOC(=O)c1cn(-c2ccc(Cl)cc2-c2cc(=O)n([C@H]3CCC[C@@H](C)C(=O)Nc4cnn(C)c4-c4ccnc3c4)cn2)nn1. The summed E-state index contributed by atoms with van der Waals surface area (Å²) < 4.78 is 9.71. The number of esters is 1. The van der Waals surface area contributed by atoms with Gasteiger partial charge in [-0.05, 0) is 50.1 Å². The second-order valence-corrected chi connectivity index (χ2v) is 11.2. The number of pyridine rings is 1. The fourth-order valence-electron chi connectivity index (χ4n) is 5.47. The minimum Gasteiger partial charge on any atom is -0.461 e. The smallest absolute Gasteiger partial charge is 0.360 e. The van der Waals surface area contributed by atoms with Crippen molar-refractivity contribution in [3.63, 3.8) is 0 Å². The second kappa shape index (κ2) is 12.4. The van der Waals surface area contributed by atoms with Gasteiger partial charge in [-0.15, -0.1) is 5.10 Å². The third-order valence-corrected chi connectivity index (χ3v) is 8.02. The van der Waals surface area contributed by atoms with Crippen LogP contribution in [0.1, 0.15) is 55.3 Å². The van der Waals surface area contributed by atoms with Gasteiger partial charge in [0.2, 0.25) is 5.91 Å². The molecule has 13 nitrogen and oxygen atoms in total. The molecule has 1 aliphatic rings. The number of aromatic nitrogens is 8. The number of ether oxygens (including phenoxy) is 1. The Morgan fingerprint density at radius 1 is 1.13 bits per heavy atom. The molecule has 6 rings (SSSR count). The Labute approximate surface area is 262 Å². The molecule has 0 saturated carbocycles. The first-order valence-electron chi connectivity index (χ1n) is 14.5. The van der Waals surface area contributed by atoms with Crippen molar-refractivity contribution in [1.29, 1.82) is 0 Å². The number of anilines is 1. The van der Waals surface area contributed by atoms with Crippen molar-refractivity contribution in [2.75, 3.05) is 11.9 Å². The molecular formula is C31H30ClN9O4. The standard InChI is InChI=1S/C31H30ClN9O4/c1-4-45-31(44)25-16-41(38-37-25)26-9-8-20(32)13-21(26)22-14-28(42)40(17-34-22)27-7-5-6-18(2)30(43)36-24-15-35-39(3)29(24)19-10-11-33-23(27)12-19/h8-18,27H,4-7H2,1-3H3,(H,36,43)/t18-,27+/m1/s1. The average Bonchev–Trinajstić information content (AvgIpc) is 3.66. The predicted octanol–water partition coefficient (Wildman–Crippen LogP) is 4.46. The molecule has 4 aromatic heterocycles. The van der Waals surface area contributed by atoms with E-state index in [1.54, 1.807) is 46.8 Å². The van der Waals surface area contributed by atoms with Crippen molar-refractivity contribution in [1.82, 2.24) is 39.3 Å². The Bertz CT molecular complexity index is 1960. The molecule has 0 fully saturated rings. The van der Waals surface area contributed by atoms with Crippen molar-refractivity contribution >= 4 is 29.2 Å². The van der Waals surface area contributed by atoms with E-state index in [1.165, 1.54) is 23.3 Å². The molecule has 230 valence electrons. The number of rotatable bonds is 5. The zero-order valence-electron chi connectivity index (χ0n) is 24.8. The lowest BCUT2D eigenvalue weighted by atomic mass is 9.97. The van der Waals surface area contributed by atoms with Gasteiger partial charge in [-0.2, -0.15) is 5.10 Å². The summed E-state index contributed by atoms with van der Waals surface area (Å²) in [6, 6.07) is 9.83. The van der Waals surface area contributed by atoms with Gasteiger partial charge < -0.3 is 10.1 Å². The maximum atomic E-state index is 13.8. The zero-order chi connectivity index (χ0) is 31.7. The molecule has 14 heteroatoms. The Morgan fingerprint density at radius 3 is 2.78 bits per heavy atom. The first kappa shape index (κ1) is 29.9. The van der Waals surface area contributed by atoms with Crippen LogP contribution < -0.4 is 10.9 Å². The fourth-order valence-corrected chi connectivity index (χ4v) is 5.64. The molecule has 1 aromatic carbocycles. The Kier molecular flexibility index (Phi) is 8.26. The molecule has 5 aromatic rings. The molecule has 1 amide bonds. The van der Waals surface area contributed by atoms with Gasteiger partial charge in [0, 0.05) is 41.4 Å². The highest BCUT2D eigenvalue weighted by Crippen LogP contribution is 2.33. The number of aryl methyl sites for hydroxylation is 1. The van der Waals surface area contributed by atoms with Crippen molar-refractivity contribution < 1.29 is 14.3 Å². The van der Waals surface area contributed by atoms with Crippen LogP contribution in [-0.2, 0) is 16.6 Å². The Balaban J connectivity index is 1.40. The van der Waals surface area contributed by atoms with Crippen molar-refractivity contribution in [3.05, 3.63) is 88.1 Å². The van der Waals surface area contributed by atoms with Crippen LogP contribution in [-0.4, -0.2) is 57.8 Å². The summed E-state index contributed by atoms with van der Waals surface area (Å²) in [5, 5.41) is 15.8. The molecule has 1 N–H and O–H groups in total. The third kappa shape index (κ3) is 5.98. The molecule has 0 unspecified atom stereocenters. The predicted molar refractivity (Wildman–Crippen MR) is 166 cm³/mol. The van der Waals surface area contributed by atoms with Gasteiger partial charge in [0.05, 0.1) is 59.8 Å². The van der Waals surface area contributed by atoms with E-state index in [4.69, 9.17) is 16.3 Å². The lowest BCUT2D eigenvalue weighted by molar-refractivity contribution is -0.119. The maximum Gasteiger partial charge on any atom is 0.360 e. The highest BCUT2D eigenvalue weighted by Gasteiger charge is 2.24. The minimum absolute atomic E-state index is 0.0448. The van der Waals surface area contributed by atoms with E-state index in [9.17, 15) is 14.4 Å². The number of nitrogens with zero attached hydrogens (tertiary/aromatic N) is 8. The van der Waals surface area contributed by atoms with E-state index >= 15 is 0 Å². The number of hydrogen-bond donors (Lipinski definition) is 1. The van der Waals surface area contributed by atoms with E-state index in [0.29, 0.717) is 52.6 Å². The molecule has 2 atom stereocenters. The highest BCUT2D eigenvalue weighted by molar-refractivity contribution is 6.31. The van der Waals surface area contributed by atoms with Crippen LogP contribution in [0.25, 0.3) is 28.2 Å². The van der Waals surface area contributed by atoms with Crippen molar-refractivity contribution in [3.8, 4) is 28.2 Å². The van der Waals surface area contributed by atoms with Gasteiger partial charge in [0.1, 0.15) is 0 Å². The van der Waals surface area contributed by atoms with E-state index in [-0.39, 0.29) is 29.7 Å². The summed E-state index contributed by atoms with van der Waals surface area (Å²) in [5.41, 5.74) is 4.01. The number of nitrogens with one attached hydrogen (secondary N) is 1. The maximum absolute atomic E-state index is 13.8. The monoisotopic (exact) mass is 627 g/mol. The molecule has 0 saturated heterocycles. The summed E-state index contributed by atoms with van der Waals surface area (Å²) in [5.74, 6) is -0.925. The molecule has 1 aliphatic heterocycles. The molecular weight excluding hydrogens is 598 g/mol. The van der Waals surface area contributed by atoms with Gasteiger partial charge >= 0.3 is 5.97 Å². The van der Waals surface area contributed by atoms with Crippen LogP contribution in [0.2, 0.25) is 5.02 Å². The molecule has 45 heavy (non-hydrogen) atoms.